The van der Waals surface area contributed by atoms with Crippen molar-refractivity contribution in [3.05, 3.63) is 21.3 Å². The minimum Gasteiger partial charge on any atom is -0.330 e. The van der Waals surface area contributed by atoms with Gasteiger partial charge in [0.05, 0.1) is 9.90 Å². The van der Waals surface area contributed by atoms with E-state index in [0.29, 0.717) is 22.4 Å². The van der Waals surface area contributed by atoms with Crippen LogP contribution in [0.1, 0.15) is 35.4 Å². The summed E-state index contributed by atoms with van der Waals surface area (Å²) in [6.07, 6.45) is 4.38. The summed E-state index contributed by atoms with van der Waals surface area (Å²) in [5.74, 6) is 0.643. The number of halogens is 1. The lowest BCUT2D eigenvalue weighted by Crippen LogP contribution is -2.32. The number of rotatable bonds is 3. The molecule has 2 atom stereocenters. The first-order valence-electron chi connectivity index (χ1n) is 5.71. The maximum Gasteiger partial charge on any atom is 0.177 e. The van der Waals surface area contributed by atoms with Crippen molar-refractivity contribution in [2.75, 3.05) is 6.54 Å². The van der Waals surface area contributed by atoms with Gasteiger partial charge in [-0.05, 0) is 36.8 Å². The maximum absolute atomic E-state index is 12.3. The number of hydrogen-bond acceptors (Lipinski definition) is 3. The van der Waals surface area contributed by atoms with Gasteiger partial charge in [0.15, 0.2) is 5.78 Å². The normalized spacial score (nSPS) is 25.6. The van der Waals surface area contributed by atoms with Crippen molar-refractivity contribution in [3.8, 4) is 0 Å². The lowest BCUT2D eigenvalue weighted by atomic mass is 9.76. The molecule has 1 aromatic heterocycles. The molecular formula is C12H16ClNOS. The van der Waals surface area contributed by atoms with Gasteiger partial charge in [0.1, 0.15) is 0 Å². The molecule has 1 fully saturated rings. The molecule has 88 valence electrons. The zero-order valence-corrected chi connectivity index (χ0v) is 10.7. The van der Waals surface area contributed by atoms with Crippen LogP contribution in [-0.4, -0.2) is 12.3 Å². The Morgan fingerprint density at radius 2 is 2.25 bits per heavy atom. The standard InChI is InChI=1S/C12H16ClNOS/c13-10-5-6-16-12(10)11(15)9-4-2-1-3-8(9)7-14/h5-6,8-9H,1-4,7,14H2. The topological polar surface area (TPSA) is 43.1 Å². The van der Waals surface area contributed by atoms with Gasteiger partial charge in [-0.1, -0.05) is 24.4 Å². The maximum atomic E-state index is 12.3. The first-order chi connectivity index (χ1) is 7.74. The summed E-state index contributed by atoms with van der Waals surface area (Å²) in [5, 5.41) is 2.46. The third-order valence-corrected chi connectivity index (χ3v) is 4.75. The molecule has 0 spiro atoms. The van der Waals surface area contributed by atoms with Crippen LogP contribution in [0.4, 0.5) is 0 Å². The highest BCUT2D eigenvalue weighted by atomic mass is 35.5. The molecule has 0 amide bonds. The van der Waals surface area contributed by atoms with Crippen LogP contribution in [0.25, 0.3) is 0 Å². The average molecular weight is 258 g/mol. The number of Topliss-reactive ketones (excluding diaryl/α,β-unsaturated/α-hetero) is 1. The second-order valence-electron chi connectivity index (χ2n) is 4.35. The molecule has 0 saturated heterocycles. The van der Waals surface area contributed by atoms with E-state index in [1.165, 1.54) is 17.8 Å². The predicted octanol–water partition coefficient (Wildman–Crippen LogP) is 3.35. The van der Waals surface area contributed by atoms with E-state index >= 15 is 0 Å². The van der Waals surface area contributed by atoms with Gasteiger partial charge in [0.25, 0.3) is 0 Å². The number of nitrogens with two attached hydrogens (primary N) is 1. The molecule has 1 aliphatic carbocycles. The van der Waals surface area contributed by atoms with E-state index in [2.05, 4.69) is 0 Å². The fourth-order valence-electron chi connectivity index (χ4n) is 2.47. The van der Waals surface area contributed by atoms with E-state index in [9.17, 15) is 4.79 Å². The Kier molecular flexibility index (Phi) is 4.00. The molecule has 0 aromatic carbocycles. The van der Waals surface area contributed by atoms with Crippen molar-refractivity contribution in [2.45, 2.75) is 25.7 Å². The van der Waals surface area contributed by atoms with Gasteiger partial charge >= 0.3 is 0 Å². The summed E-state index contributed by atoms with van der Waals surface area (Å²) < 4.78 is 0. The van der Waals surface area contributed by atoms with E-state index in [4.69, 9.17) is 17.3 Å². The number of ketones is 1. The zero-order chi connectivity index (χ0) is 11.5. The van der Waals surface area contributed by atoms with Gasteiger partial charge < -0.3 is 5.73 Å². The molecule has 2 unspecified atom stereocenters. The molecule has 0 bridgehead atoms. The minimum atomic E-state index is 0.0925. The smallest absolute Gasteiger partial charge is 0.177 e. The molecule has 0 radical (unpaired) electrons. The summed E-state index contributed by atoms with van der Waals surface area (Å²) in [7, 11) is 0. The molecule has 1 saturated carbocycles. The number of thiophene rings is 1. The third kappa shape index (κ3) is 2.31. The predicted molar refractivity (Wildman–Crippen MR) is 68.2 cm³/mol. The zero-order valence-electron chi connectivity index (χ0n) is 9.12. The Balaban J connectivity index is 2.17. The van der Waals surface area contributed by atoms with Crippen LogP contribution in [-0.2, 0) is 0 Å². The van der Waals surface area contributed by atoms with E-state index in [-0.39, 0.29) is 11.7 Å². The monoisotopic (exact) mass is 257 g/mol. The van der Waals surface area contributed by atoms with Crippen LogP contribution in [0.15, 0.2) is 11.4 Å². The molecule has 2 N–H and O–H groups in total. The minimum absolute atomic E-state index is 0.0925. The van der Waals surface area contributed by atoms with Crippen LogP contribution in [0, 0.1) is 11.8 Å². The van der Waals surface area contributed by atoms with Crippen molar-refractivity contribution < 1.29 is 4.79 Å². The molecule has 1 aliphatic rings. The lowest BCUT2D eigenvalue weighted by molar-refractivity contribution is 0.0834. The second-order valence-corrected chi connectivity index (χ2v) is 5.67. The summed E-state index contributed by atoms with van der Waals surface area (Å²) in [6, 6.07) is 1.79. The molecule has 1 heterocycles. The van der Waals surface area contributed by atoms with Crippen LogP contribution in [0.5, 0.6) is 0 Å². The fraction of sp³-hybridized carbons (Fsp3) is 0.583. The fourth-order valence-corrected chi connectivity index (χ4v) is 3.63. The van der Waals surface area contributed by atoms with Crippen molar-refractivity contribution >= 4 is 28.7 Å². The van der Waals surface area contributed by atoms with Crippen molar-refractivity contribution in [1.29, 1.82) is 0 Å². The van der Waals surface area contributed by atoms with Crippen LogP contribution in [0.3, 0.4) is 0 Å². The highest BCUT2D eigenvalue weighted by Crippen LogP contribution is 2.35. The first kappa shape index (κ1) is 12.1. The van der Waals surface area contributed by atoms with Crippen molar-refractivity contribution in [2.24, 2.45) is 17.6 Å². The van der Waals surface area contributed by atoms with Crippen LogP contribution >= 0.6 is 22.9 Å². The van der Waals surface area contributed by atoms with Gasteiger partial charge in [0.2, 0.25) is 0 Å². The molecule has 0 aliphatic heterocycles. The Morgan fingerprint density at radius 3 is 2.88 bits per heavy atom. The van der Waals surface area contributed by atoms with Gasteiger partial charge in [-0.15, -0.1) is 11.3 Å². The van der Waals surface area contributed by atoms with Gasteiger partial charge in [-0.3, -0.25) is 4.79 Å². The second kappa shape index (κ2) is 5.30. The molecule has 16 heavy (non-hydrogen) atoms. The Hall–Kier alpha value is -0.380. The van der Waals surface area contributed by atoms with E-state index in [1.54, 1.807) is 6.07 Å². The van der Waals surface area contributed by atoms with Crippen molar-refractivity contribution in [3.63, 3.8) is 0 Å². The first-order valence-corrected chi connectivity index (χ1v) is 6.97. The highest BCUT2D eigenvalue weighted by Gasteiger charge is 2.31. The molecule has 4 heteroatoms. The van der Waals surface area contributed by atoms with Crippen LogP contribution in [0.2, 0.25) is 5.02 Å². The summed E-state index contributed by atoms with van der Waals surface area (Å²) in [5.41, 5.74) is 5.74. The van der Waals surface area contributed by atoms with Gasteiger partial charge in [0, 0.05) is 5.92 Å². The summed E-state index contributed by atoms with van der Waals surface area (Å²) in [4.78, 5) is 13.0. The van der Waals surface area contributed by atoms with E-state index in [0.717, 1.165) is 19.3 Å². The summed E-state index contributed by atoms with van der Waals surface area (Å²) in [6.45, 7) is 0.611. The SMILES string of the molecule is NCC1CCCCC1C(=O)c1sccc1Cl. The molecule has 1 aromatic rings. The van der Waals surface area contributed by atoms with Crippen LogP contribution < -0.4 is 5.73 Å². The Bertz CT molecular complexity index is 377. The molecule has 2 nitrogen and oxygen atoms in total. The van der Waals surface area contributed by atoms with E-state index in [1.807, 2.05) is 5.38 Å². The number of carbonyl (C=O) groups excluding carboxylic acids is 1. The Morgan fingerprint density at radius 1 is 1.50 bits per heavy atom. The highest BCUT2D eigenvalue weighted by molar-refractivity contribution is 7.12. The largest absolute Gasteiger partial charge is 0.330 e. The number of carbonyl (C=O) groups is 1. The molecular weight excluding hydrogens is 242 g/mol. The third-order valence-electron chi connectivity index (χ3n) is 3.39. The lowest BCUT2D eigenvalue weighted by Gasteiger charge is -2.29. The average Bonchev–Trinajstić information content (AvgIpc) is 2.74. The number of hydrogen-bond donors (Lipinski definition) is 1. The van der Waals surface area contributed by atoms with Crippen molar-refractivity contribution in [1.82, 2.24) is 0 Å². The van der Waals surface area contributed by atoms with Gasteiger partial charge in [-0.25, -0.2) is 0 Å². The Labute approximate surface area is 105 Å². The van der Waals surface area contributed by atoms with Gasteiger partial charge in [-0.2, -0.15) is 0 Å². The molecule has 2 rings (SSSR count). The van der Waals surface area contributed by atoms with E-state index < -0.39 is 0 Å². The summed E-state index contributed by atoms with van der Waals surface area (Å²) >= 11 is 7.44. The quantitative estimate of drug-likeness (QED) is 0.844.